The summed E-state index contributed by atoms with van der Waals surface area (Å²) in [6.45, 7) is 4.51. The van der Waals surface area contributed by atoms with Gasteiger partial charge in [0.2, 0.25) is 11.6 Å². The molecule has 0 aromatic rings. The molecular weight excluding hydrogens is 195 g/mol. The van der Waals surface area contributed by atoms with E-state index < -0.39 is 19.8 Å². The monoisotopic (exact) mass is 206 g/mol. The molecule has 6 heteroatoms. The lowest BCUT2D eigenvalue weighted by Gasteiger charge is -1.98. The van der Waals surface area contributed by atoms with E-state index >= 15 is 0 Å². The van der Waals surface area contributed by atoms with Crippen LogP contribution in [0.25, 0.3) is 0 Å². The Morgan fingerprint density at radius 1 is 1.54 bits per heavy atom. The fourth-order valence-corrected chi connectivity index (χ4v) is 0.859. The van der Waals surface area contributed by atoms with Crippen LogP contribution in [0.3, 0.4) is 0 Å². The van der Waals surface area contributed by atoms with Gasteiger partial charge in [-0.05, 0) is 12.5 Å². The van der Waals surface area contributed by atoms with E-state index in [1.54, 1.807) is 0 Å². The van der Waals surface area contributed by atoms with Gasteiger partial charge in [0.15, 0.2) is 0 Å². The molecule has 0 rings (SSSR count). The molecule has 0 radical (unpaired) electrons. The molecular formula is C7H11O5P. The van der Waals surface area contributed by atoms with E-state index in [4.69, 9.17) is 4.89 Å². The Morgan fingerprint density at radius 2 is 2.08 bits per heavy atom. The summed E-state index contributed by atoms with van der Waals surface area (Å²) in [6.07, 6.45) is -0.192. The first kappa shape index (κ1) is 12.2. The van der Waals surface area contributed by atoms with E-state index in [1.165, 1.54) is 6.92 Å². The normalized spacial score (nSPS) is 12.2. The number of ketones is 2. The van der Waals surface area contributed by atoms with Gasteiger partial charge in [-0.25, -0.2) is 0 Å². The van der Waals surface area contributed by atoms with Gasteiger partial charge in [-0.15, -0.1) is 0 Å². The van der Waals surface area contributed by atoms with Crippen molar-refractivity contribution < 1.29 is 23.6 Å². The van der Waals surface area contributed by atoms with Crippen molar-refractivity contribution in [3.05, 3.63) is 12.2 Å². The third kappa shape index (κ3) is 5.47. The lowest BCUT2D eigenvalue weighted by atomic mass is 10.1. The van der Waals surface area contributed by atoms with Gasteiger partial charge < -0.3 is 9.42 Å². The second-order valence-electron chi connectivity index (χ2n) is 2.40. The van der Waals surface area contributed by atoms with Gasteiger partial charge in [0.05, 0.1) is 6.61 Å². The Morgan fingerprint density at radius 3 is 2.46 bits per heavy atom. The van der Waals surface area contributed by atoms with E-state index in [9.17, 15) is 14.2 Å². The molecule has 0 bridgehead atoms. The summed E-state index contributed by atoms with van der Waals surface area (Å²) in [4.78, 5) is 30.0. The van der Waals surface area contributed by atoms with Crippen LogP contribution in [0.4, 0.5) is 0 Å². The van der Waals surface area contributed by atoms with Crippen molar-refractivity contribution in [3.8, 4) is 0 Å². The first-order chi connectivity index (χ1) is 5.95. The molecule has 0 heterocycles. The van der Waals surface area contributed by atoms with Crippen LogP contribution in [0.2, 0.25) is 0 Å². The van der Waals surface area contributed by atoms with Crippen LogP contribution in [0.5, 0.6) is 0 Å². The van der Waals surface area contributed by atoms with Gasteiger partial charge in [0.1, 0.15) is 0 Å². The topological polar surface area (TPSA) is 80.7 Å². The molecule has 5 nitrogen and oxygen atoms in total. The SMILES string of the molecule is C=C(C)C(=O)C(=O)CCO[PH](=O)O. The molecule has 0 aliphatic rings. The van der Waals surface area contributed by atoms with Crippen LogP contribution in [-0.2, 0) is 18.7 Å². The van der Waals surface area contributed by atoms with Gasteiger partial charge in [-0.2, -0.15) is 0 Å². The Kier molecular flexibility index (Phi) is 5.46. The molecule has 0 aromatic carbocycles. The van der Waals surface area contributed by atoms with Crippen molar-refractivity contribution >= 4 is 19.8 Å². The molecule has 0 aromatic heterocycles. The average molecular weight is 206 g/mol. The second-order valence-corrected chi connectivity index (χ2v) is 3.22. The predicted molar refractivity (Wildman–Crippen MR) is 46.6 cm³/mol. The Hall–Kier alpha value is -0.770. The zero-order valence-electron chi connectivity index (χ0n) is 7.20. The number of allylic oxidation sites excluding steroid dienone is 1. The number of rotatable bonds is 6. The van der Waals surface area contributed by atoms with Crippen molar-refractivity contribution in [1.29, 1.82) is 0 Å². The largest absolute Gasteiger partial charge is 0.326 e. The highest BCUT2D eigenvalue weighted by atomic mass is 31.1. The van der Waals surface area contributed by atoms with Gasteiger partial charge >= 0.3 is 8.25 Å². The van der Waals surface area contributed by atoms with Crippen molar-refractivity contribution in [2.45, 2.75) is 13.3 Å². The Labute approximate surface area is 76.3 Å². The van der Waals surface area contributed by atoms with E-state index in [2.05, 4.69) is 11.1 Å². The standard InChI is InChI=1S/C7H11O5P/c1-5(2)7(9)6(8)3-4-12-13(10)11/h13H,1,3-4H2,2H3,(H,10,11). The van der Waals surface area contributed by atoms with Crippen LogP contribution in [0.1, 0.15) is 13.3 Å². The maximum Gasteiger partial charge on any atom is 0.316 e. The number of carbonyl (C=O) groups is 2. The van der Waals surface area contributed by atoms with Crippen molar-refractivity contribution in [3.63, 3.8) is 0 Å². The molecule has 74 valence electrons. The number of carbonyl (C=O) groups excluding carboxylic acids is 2. The van der Waals surface area contributed by atoms with Crippen molar-refractivity contribution in [2.24, 2.45) is 0 Å². The maximum absolute atomic E-state index is 10.9. The Bertz CT molecular complexity index is 258. The van der Waals surface area contributed by atoms with E-state index in [-0.39, 0.29) is 18.6 Å². The molecule has 1 N–H and O–H groups in total. The second kappa shape index (κ2) is 5.80. The smallest absolute Gasteiger partial charge is 0.316 e. The van der Waals surface area contributed by atoms with E-state index in [0.29, 0.717) is 0 Å². The number of hydrogen-bond acceptors (Lipinski definition) is 4. The zero-order valence-corrected chi connectivity index (χ0v) is 8.20. The van der Waals surface area contributed by atoms with Crippen molar-refractivity contribution in [2.75, 3.05) is 6.61 Å². The molecule has 0 saturated carbocycles. The average Bonchev–Trinajstić information content (AvgIpc) is 2.02. The maximum atomic E-state index is 10.9. The van der Waals surface area contributed by atoms with E-state index in [1.807, 2.05) is 0 Å². The molecule has 0 aliphatic carbocycles. The summed E-state index contributed by atoms with van der Waals surface area (Å²) < 4.78 is 14.3. The molecule has 1 unspecified atom stereocenters. The molecule has 0 fully saturated rings. The summed E-state index contributed by atoms with van der Waals surface area (Å²) in [5.74, 6) is -1.32. The predicted octanol–water partition coefficient (Wildman–Crippen LogP) is 0.489. The summed E-state index contributed by atoms with van der Waals surface area (Å²) in [7, 11) is -3.01. The summed E-state index contributed by atoms with van der Waals surface area (Å²) in [6, 6.07) is 0. The molecule has 1 atom stereocenters. The molecule has 0 amide bonds. The van der Waals surface area contributed by atoms with Gasteiger partial charge in [0.25, 0.3) is 0 Å². The third-order valence-corrected chi connectivity index (χ3v) is 1.65. The van der Waals surface area contributed by atoms with Crippen LogP contribution in [-0.4, -0.2) is 23.1 Å². The number of hydrogen-bond donors (Lipinski definition) is 1. The van der Waals surface area contributed by atoms with Crippen LogP contribution < -0.4 is 0 Å². The third-order valence-electron chi connectivity index (χ3n) is 1.20. The molecule has 0 spiro atoms. The minimum atomic E-state index is -3.01. The fraction of sp³-hybridized carbons (Fsp3) is 0.429. The summed E-state index contributed by atoms with van der Waals surface area (Å²) >= 11 is 0. The summed E-state index contributed by atoms with van der Waals surface area (Å²) in [5, 5.41) is 0. The van der Waals surface area contributed by atoms with Crippen LogP contribution >= 0.6 is 8.25 Å². The van der Waals surface area contributed by atoms with Gasteiger partial charge in [-0.3, -0.25) is 14.2 Å². The first-order valence-corrected chi connectivity index (χ1v) is 4.80. The van der Waals surface area contributed by atoms with Gasteiger partial charge in [-0.1, -0.05) is 6.58 Å². The zero-order chi connectivity index (χ0) is 10.4. The minimum absolute atomic E-state index is 0.154. The lowest BCUT2D eigenvalue weighted by Crippen LogP contribution is -2.15. The van der Waals surface area contributed by atoms with Gasteiger partial charge in [0, 0.05) is 6.42 Å². The first-order valence-electron chi connectivity index (χ1n) is 3.54. The molecule has 0 aliphatic heterocycles. The number of Topliss-reactive ketones (excluding diaryl/α,β-unsaturated/α-hetero) is 2. The van der Waals surface area contributed by atoms with Crippen LogP contribution in [0, 0.1) is 0 Å². The minimum Gasteiger partial charge on any atom is -0.326 e. The highest BCUT2D eigenvalue weighted by Crippen LogP contribution is 2.14. The molecule has 13 heavy (non-hydrogen) atoms. The van der Waals surface area contributed by atoms with Crippen molar-refractivity contribution in [1.82, 2.24) is 0 Å². The molecule has 0 saturated heterocycles. The fourth-order valence-electron chi connectivity index (χ4n) is 0.583. The Balaban J connectivity index is 3.82. The van der Waals surface area contributed by atoms with E-state index in [0.717, 1.165) is 0 Å². The van der Waals surface area contributed by atoms with Crippen LogP contribution in [0.15, 0.2) is 12.2 Å². The summed E-state index contributed by atoms with van der Waals surface area (Å²) in [5.41, 5.74) is 0.154. The highest BCUT2D eigenvalue weighted by molar-refractivity contribution is 7.32. The lowest BCUT2D eigenvalue weighted by molar-refractivity contribution is -0.134. The highest BCUT2D eigenvalue weighted by Gasteiger charge is 2.13. The quantitative estimate of drug-likeness (QED) is 0.388.